The highest BCUT2D eigenvalue weighted by atomic mass is 16.7. The van der Waals surface area contributed by atoms with Crippen LogP contribution >= 0.6 is 0 Å². The van der Waals surface area contributed by atoms with Crippen LogP contribution in [0.15, 0.2) is 11.6 Å². The average molecular weight is 487 g/mol. The lowest BCUT2D eigenvalue weighted by Crippen LogP contribution is -2.52. The smallest absolute Gasteiger partial charge is 0.172 e. The molecule has 2 aliphatic heterocycles. The van der Waals surface area contributed by atoms with Crippen molar-refractivity contribution in [2.45, 2.75) is 117 Å². The molecule has 4 heteroatoms. The van der Waals surface area contributed by atoms with Crippen molar-refractivity contribution >= 4 is 0 Å². The Morgan fingerprint density at radius 2 is 1.91 bits per heavy atom. The summed E-state index contributed by atoms with van der Waals surface area (Å²) in [4.78, 5) is 0. The molecule has 0 amide bonds. The van der Waals surface area contributed by atoms with E-state index >= 15 is 0 Å². The van der Waals surface area contributed by atoms with Crippen molar-refractivity contribution in [3.63, 3.8) is 0 Å². The molecule has 0 aromatic rings. The van der Waals surface area contributed by atoms with Crippen molar-refractivity contribution in [3.05, 3.63) is 11.6 Å². The summed E-state index contributed by atoms with van der Waals surface area (Å²) < 4.78 is 25.4. The van der Waals surface area contributed by atoms with Gasteiger partial charge in [0, 0.05) is 24.9 Å². The molecule has 6 aliphatic rings. The fourth-order valence-corrected chi connectivity index (χ4v) is 10.6. The van der Waals surface area contributed by atoms with E-state index in [2.05, 4.69) is 47.6 Å². The molecule has 6 rings (SSSR count). The average Bonchev–Trinajstić information content (AvgIpc) is 3.37. The van der Waals surface area contributed by atoms with E-state index in [-0.39, 0.29) is 5.41 Å². The number of ether oxygens (including phenoxy) is 4. The lowest BCUT2D eigenvalue weighted by atomic mass is 9.47. The van der Waals surface area contributed by atoms with E-state index in [4.69, 9.17) is 18.9 Å². The van der Waals surface area contributed by atoms with Crippen molar-refractivity contribution in [1.29, 1.82) is 0 Å². The number of rotatable bonds is 4. The quantitative estimate of drug-likeness (QED) is 0.411. The Balaban J connectivity index is 1.22. The Bertz CT molecular complexity index is 868. The van der Waals surface area contributed by atoms with Gasteiger partial charge in [0.05, 0.1) is 31.5 Å². The molecule has 35 heavy (non-hydrogen) atoms. The summed E-state index contributed by atoms with van der Waals surface area (Å²) in [5.41, 5.74) is 2.54. The highest BCUT2D eigenvalue weighted by molar-refractivity contribution is 5.26. The van der Waals surface area contributed by atoms with Crippen molar-refractivity contribution < 1.29 is 18.9 Å². The predicted molar refractivity (Wildman–Crippen MR) is 138 cm³/mol. The first kappa shape index (κ1) is 24.9. The van der Waals surface area contributed by atoms with E-state index in [0.717, 1.165) is 43.8 Å². The summed E-state index contributed by atoms with van der Waals surface area (Å²) in [7, 11) is 1.81. The minimum Gasteiger partial charge on any atom is -0.384 e. The normalized spacial score (nSPS) is 55.0. The number of hydrogen-bond acceptors (Lipinski definition) is 4. The van der Waals surface area contributed by atoms with Gasteiger partial charge in [-0.05, 0) is 93.3 Å². The van der Waals surface area contributed by atoms with Crippen LogP contribution in [0.2, 0.25) is 0 Å². The fraction of sp³-hybridized carbons (Fsp3) is 0.935. The molecule has 0 N–H and O–H groups in total. The molecule has 0 aromatic carbocycles. The zero-order chi connectivity index (χ0) is 24.8. The van der Waals surface area contributed by atoms with E-state index < -0.39 is 5.79 Å². The predicted octanol–water partition coefficient (Wildman–Crippen LogP) is 6.77. The molecule has 0 bridgehead atoms. The van der Waals surface area contributed by atoms with Gasteiger partial charge in [-0.2, -0.15) is 0 Å². The zero-order valence-corrected chi connectivity index (χ0v) is 23.4. The molecule has 4 nitrogen and oxygen atoms in total. The molecule has 3 saturated carbocycles. The monoisotopic (exact) mass is 486 g/mol. The summed E-state index contributed by atoms with van der Waals surface area (Å²) in [5.74, 6) is 3.09. The fourth-order valence-electron chi connectivity index (χ4n) is 10.6. The van der Waals surface area contributed by atoms with Crippen molar-refractivity contribution in [1.82, 2.24) is 0 Å². The first-order valence-corrected chi connectivity index (χ1v) is 14.7. The maximum absolute atomic E-state index is 7.00. The largest absolute Gasteiger partial charge is 0.384 e. The molecular formula is C31H50O4. The number of methoxy groups -OCH3 is 1. The van der Waals surface area contributed by atoms with E-state index in [1.807, 2.05) is 7.11 Å². The van der Waals surface area contributed by atoms with Gasteiger partial charge in [-0.15, -0.1) is 0 Å². The first-order chi connectivity index (χ1) is 16.5. The zero-order valence-electron chi connectivity index (χ0n) is 23.4. The highest BCUT2D eigenvalue weighted by Crippen LogP contribution is 2.71. The molecule has 11 atom stereocenters. The number of fused-ring (bicyclic) bond motifs is 7. The van der Waals surface area contributed by atoms with Crippen molar-refractivity contribution in [2.75, 3.05) is 20.3 Å². The third kappa shape index (κ3) is 3.59. The second kappa shape index (κ2) is 8.29. The molecule has 2 heterocycles. The van der Waals surface area contributed by atoms with Gasteiger partial charge < -0.3 is 18.9 Å². The van der Waals surface area contributed by atoms with Crippen LogP contribution in [0.3, 0.4) is 0 Å². The lowest BCUT2D eigenvalue weighted by molar-refractivity contribution is -0.220. The number of allylic oxidation sites excluding steroid dienone is 1. The standard InChI is InChI=1S/C31H50O4/c1-19(2)34-22-10-12-29(5)21(14-22)8-9-23-24(29)11-13-30(6)25(23)15-26-27(30)20(3)31(35-26)16-28(4,17-32-7)18-33-31/h8,19-20,22-27H,9-18H2,1-7H3/t20-,22?,23?,24?,25?,26?,27?,28-,29-,30-,31?/m0/s1. The Labute approximate surface area is 213 Å². The second-order valence-corrected chi connectivity index (χ2v) is 14.6. The highest BCUT2D eigenvalue weighted by Gasteiger charge is 2.70. The van der Waals surface area contributed by atoms with Crippen LogP contribution in [0.4, 0.5) is 0 Å². The van der Waals surface area contributed by atoms with Crippen LogP contribution in [0.5, 0.6) is 0 Å². The Morgan fingerprint density at radius 1 is 1.11 bits per heavy atom. The third-order valence-electron chi connectivity index (χ3n) is 12.0. The van der Waals surface area contributed by atoms with E-state index in [1.54, 1.807) is 5.57 Å². The van der Waals surface area contributed by atoms with Gasteiger partial charge in [-0.25, -0.2) is 0 Å². The first-order valence-electron chi connectivity index (χ1n) is 14.7. The van der Waals surface area contributed by atoms with Gasteiger partial charge in [0.25, 0.3) is 0 Å². The summed E-state index contributed by atoms with van der Waals surface area (Å²) in [6, 6.07) is 0. The maximum Gasteiger partial charge on any atom is 0.172 e. The van der Waals surface area contributed by atoms with Crippen LogP contribution in [0, 0.1) is 45.8 Å². The van der Waals surface area contributed by atoms with E-state index in [9.17, 15) is 0 Å². The number of hydrogen-bond donors (Lipinski definition) is 0. The molecule has 0 radical (unpaired) electrons. The molecule has 198 valence electrons. The van der Waals surface area contributed by atoms with Crippen molar-refractivity contribution in [3.8, 4) is 0 Å². The summed E-state index contributed by atoms with van der Waals surface area (Å²) in [6.07, 6.45) is 13.7. The molecular weight excluding hydrogens is 436 g/mol. The van der Waals surface area contributed by atoms with Crippen LogP contribution in [-0.2, 0) is 18.9 Å². The molecule has 1 spiro atoms. The van der Waals surface area contributed by atoms with Crippen LogP contribution in [-0.4, -0.2) is 44.4 Å². The molecule has 4 aliphatic carbocycles. The molecule has 5 fully saturated rings. The lowest BCUT2D eigenvalue weighted by Gasteiger charge is -2.58. The van der Waals surface area contributed by atoms with Crippen LogP contribution in [0.25, 0.3) is 0 Å². The van der Waals surface area contributed by atoms with Crippen LogP contribution in [0.1, 0.15) is 92.9 Å². The SMILES string of the molecule is COC[C@@]1(C)COC2(C1)OC1CC3C4CC=C5CC(OC(C)C)CC[C@]5(C)C4CC[C@]3(C)C1[C@@H]2C. The Kier molecular flexibility index (Phi) is 5.89. The minimum atomic E-state index is -0.395. The van der Waals surface area contributed by atoms with Gasteiger partial charge in [0.2, 0.25) is 0 Å². The van der Waals surface area contributed by atoms with Crippen molar-refractivity contribution in [2.24, 2.45) is 45.8 Å². The van der Waals surface area contributed by atoms with E-state index in [1.165, 1.54) is 38.5 Å². The molecule has 2 saturated heterocycles. The summed E-state index contributed by atoms with van der Waals surface area (Å²) in [6.45, 7) is 15.9. The minimum absolute atomic E-state index is 0.0664. The Morgan fingerprint density at radius 3 is 2.66 bits per heavy atom. The van der Waals surface area contributed by atoms with Gasteiger partial charge in [0.1, 0.15) is 0 Å². The topological polar surface area (TPSA) is 36.9 Å². The second-order valence-electron chi connectivity index (χ2n) is 14.6. The maximum atomic E-state index is 7.00. The summed E-state index contributed by atoms with van der Waals surface area (Å²) in [5, 5.41) is 0. The van der Waals surface area contributed by atoms with Gasteiger partial charge in [-0.3, -0.25) is 0 Å². The Hall–Kier alpha value is -0.420. The summed E-state index contributed by atoms with van der Waals surface area (Å²) >= 11 is 0. The van der Waals surface area contributed by atoms with Crippen LogP contribution < -0.4 is 0 Å². The van der Waals surface area contributed by atoms with E-state index in [0.29, 0.717) is 41.0 Å². The van der Waals surface area contributed by atoms with Gasteiger partial charge in [0.15, 0.2) is 5.79 Å². The van der Waals surface area contributed by atoms with Gasteiger partial charge in [-0.1, -0.05) is 39.3 Å². The third-order valence-corrected chi connectivity index (χ3v) is 12.0. The molecule has 7 unspecified atom stereocenters. The van der Waals surface area contributed by atoms with Gasteiger partial charge >= 0.3 is 0 Å². The molecule has 0 aromatic heterocycles.